The highest BCUT2D eigenvalue weighted by molar-refractivity contribution is 7.14. The molecule has 2 aromatic heterocycles. The molecule has 0 aliphatic rings. The first kappa shape index (κ1) is 12.6. The highest BCUT2D eigenvalue weighted by Crippen LogP contribution is 2.27. The van der Waals surface area contributed by atoms with Gasteiger partial charge in [0.2, 0.25) is 0 Å². The van der Waals surface area contributed by atoms with Gasteiger partial charge >= 0.3 is 0 Å². The van der Waals surface area contributed by atoms with Gasteiger partial charge in [0.1, 0.15) is 5.82 Å². The lowest BCUT2D eigenvalue weighted by Crippen LogP contribution is -2.25. The van der Waals surface area contributed by atoms with Crippen molar-refractivity contribution in [1.82, 2.24) is 15.3 Å². The van der Waals surface area contributed by atoms with Crippen molar-refractivity contribution >= 4 is 22.9 Å². The van der Waals surface area contributed by atoms with Crippen molar-refractivity contribution in [3.05, 3.63) is 27.8 Å². The second kappa shape index (κ2) is 5.67. The molecule has 0 spiro atoms. The van der Waals surface area contributed by atoms with Crippen LogP contribution in [0.2, 0.25) is 4.34 Å². The Morgan fingerprint density at radius 1 is 1.53 bits per heavy atom. The number of imidazole rings is 1. The molecule has 0 amide bonds. The molecular formula is C12H16ClN3S. The van der Waals surface area contributed by atoms with E-state index in [0.717, 1.165) is 34.4 Å². The van der Waals surface area contributed by atoms with E-state index in [9.17, 15) is 0 Å². The van der Waals surface area contributed by atoms with E-state index in [1.807, 2.05) is 17.6 Å². The fraction of sp³-hybridized carbons (Fsp3) is 0.417. The van der Waals surface area contributed by atoms with E-state index in [0.29, 0.717) is 6.04 Å². The average molecular weight is 270 g/mol. The topological polar surface area (TPSA) is 40.7 Å². The van der Waals surface area contributed by atoms with Crippen molar-refractivity contribution in [3.63, 3.8) is 0 Å². The second-order valence-corrected chi connectivity index (χ2v) is 5.78. The summed E-state index contributed by atoms with van der Waals surface area (Å²) in [7, 11) is 0. The van der Waals surface area contributed by atoms with Gasteiger partial charge in [-0.3, -0.25) is 0 Å². The van der Waals surface area contributed by atoms with Gasteiger partial charge in [0.25, 0.3) is 0 Å². The average Bonchev–Trinajstić information content (AvgIpc) is 2.86. The van der Waals surface area contributed by atoms with Gasteiger partial charge in [0, 0.05) is 30.0 Å². The van der Waals surface area contributed by atoms with E-state index in [1.54, 1.807) is 0 Å². The Bertz CT molecular complexity index is 476. The third-order valence-electron chi connectivity index (χ3n) is 2.42. The number of thiophene rings is 1. The predicted molar refractivity (Wildman–Crippen MR) is 73.8 cm³/mol. The number of H-pyrrole nitrogens is 1. The van der Waals surface area contributed by atoms with Crippen LogP contribution in [0.5, 0.6) is 0 Å². The number of hydrogen-bond acceptors (Lipinski definition) is 3. The van der Waals surface area contributed by atoms with Gasteiger partial charge in [-0.1, -0.05) is 25.4 Å². The summed E-state index contributed by atoms with van der Waals surface area (Å²) in [6, 6.07) is 2.47. The summed E-state index contributed by atoms with van der Waals surface area (Å²) in [5.74, 6) is 1.01. The Hall–Kier alpha value is -0.840. The molecule has 0 saturated heterocycles. The summed E-state index contributed by atoms with van der Waals surface area (Å²) in [6.45, 7) is 5.22. The molecule has 0 unspecified atom stereocenters. The summed E-state index contributed by atoms with van der Waals surface area (Å²) in [5.41, 5.74) is 2.14. The van der Waals surface area contributed by atoms with Crippen LogP contribution in [0.15, 0.2) is 17.6 Å². The zero-order valence-electron chi connectivity index (χ0n) is 9.96. The molecule has 3 nitrogen and oxygen atoms in total. The second-order valence-electron chi connectivity index (χ2n) is 4.24. The van der Waals surface area contributed by atoms with Crippen molar-refractivity contribution in [3.8, 4) is 11.3 Å². The Morgan fingerprint density at radius 3 is 3.00 bits per heavy atom. The van der Waals surface area contributed by atoms with Gasteiger partial charge < -0.3 is 10.3 Å². The van der Waals surface area contributed by atoms with Crippen LogP contribution in [0.1, 0.15) is 19.7 Å². The Kier molecular flexibility index (Phi) is 4.20. The molecule has 0 atom stereocenters. The summed E-state index contributed by atoms with van der Waals surface area (Å²) in [4.78, 5) is 7.68. The minimum Gasteiger partial charge on any atom is -0.342 e. The zero-order valence-corrected chi connectivity index (χ0v) is 11.5. The first-order chi connectivity index (χ1) is 8.15. The molecule has 5 heteroatoms. The van der Waals surface area contributed by atoms with Crippen molar-refractivity contribution in [2.24, 2.45) is 0 Å². The number of hydrogen-bond donors (Lipinski definition) is 2. The Labute approximate surface area is 110 Å². The van der Waals surface area contributed by atoms with Crippen LogP contribution >= 0.6 is 22.9 Å². The van der Waals surface area contributed by atoms with Crippen molar-refractivity contribution in [1.29, 1.82) is 0 Å². The highest BCUT2D eigenvalue weighted by atomic mass is 35.5. The quantitative estimate of drug-likeness (QED) is 0.874. The lowest BCUT2D eigenvalue weighted by molar-refractivity contribution is 0.584. The maximum absolute atomic E-state index is 5.91. The van der Waals surface area contributed by atoms with E-state index in [-0.39, 0.29) is 0 Å². The molecule has 2 heterocycles. The Morgan fingerprint density at radius 2 is 2.35 bits per heavy atom. The summed E-state index contributed by atoms with van der Waals surface area (Å²) in [6.07, 6.45) is 2.78. The molecule has 2 aromatic rings. The fourth-order valence-corrected chi connectivity index (χ4v) is 2.45. The Balaban J connectivity index is 1.96. The smallest absolute Gasteiger partial charge is 0.107 e. The van der Waals surface area contributed by atoms with Crippen molar-refractivity contribution in [2.75, 3.05) is 6.54 Å². The van der Waals surface area contributed by atoms with Crippen LogP contribution in [-0.4, -0.2) is 22.6 Å². The fourth-order valence-electron chi connectivity index (χ4n) is 1.57. The van der Waals surface area contributed by atoms with Crippen LogP contribution in [0.4, 0.5) is 0 Å². The van der Waals surface area contributed by atoms with Crippen molar-refractivity contribution < 1.29 is 0 Å². The molecule has 17 heavy (non-hydrogen) atoms. The molecule has 2 N–H and O–H groups in total. The summed E-state index contributed by atoms with van der Waals surface area (Å²) >= 11 is 7.45. The van der Waals surface area contributed by atoms with E-state index in [1.165, 1.54) is 11.3 Å². The molecule has 92 valence electrons. The molecule has 0 aliphatic carbocycles. The molecule has 0 aliphatic heterocycles. The largest absolute Gasteiger partial charge is 0.342 e. The molecule has 2 rings (SSSR count). The summed E-state index contributed by atoms with van der Waals surface area (Å²) in [5, 5.41) is 5.40. The van der Waals surface area contributed by atoms with Gasteiger partial charge in [0.05, 0.1) is 16.2 Å². The monoisotopic (exact) mass is 269 g/mol. The van der Waals surface area contributed by atoms with E-state index >= 15 is 0 Å². The molecule has 0 aromatic carbocycles. The van der Waals surface area contributed by atoms with Gasteiger partial charge in [-0.25, -0.2) is 4.98 Å². The number of nitrogens with one attached hydrogen (secondary N) is 2. The van der Waals surface area contributed by atoms with Gasteiger partial charge in [0.15, 0.2) is 0 Å². The van der Waals surface area contributed by atoms with E-state index in [4.69, 9.17) is 11.6 Å². The maximum Gasteiger partial charge on any atom is 0.107 e. The van der Waals surface area contributed by atoms with Gasteiger partial charge in [-0.2, -0.15) is 0 Å². The lowest BCUT2D eigenvalue weighted by atomic mass is 10.3. The van der Waals surface area contributed by atoms with Crippen LogP contribution in [0.3, 0.4) is 0 Å². The summed E-state index contributed by atoms with van der Waals surface area (Å²) < 4.78 is 0.803. The van der Waals surface area contributed by atoms with Crippen LogP contribution < -0.4 is 5.32 Å². The minimum absolute atomic E-state index is 0.514. The first-order valence-electron chi connectivity index (χ1n) is 5.67. The normalized spacial score (nSPS) is 11.3. The third kappa shape index (κ3) is 3.56. The lowest BCUT2D eigenvalue weighted by Gasteiger charge is -2.05. The molecule has 0 bridgehead atoms. The minimum atomic E-state index is 0.514. The van der Waals surface area contributed by atoms with E-state index in [2.05, 4.69) is 29.1 Å². The van der Waals surface area contributed by atoms with Crippen molar-refractivity contribution in [2.45, 2.75) is 26.3 Å². The maximum atomic E-state index is 5.91. The number of aromatic amines is 1. The molecular weight excluding hydrogens is 254 g/mol. The number of halogens is 1. The predicted octanol–water partition coefficient (Wildman–Crippen LogP) is 3.33. The highest BCUT2D eigenvalue weighted by Gasteiger charge is 2.05. The van der Waals surface area contributed by atoms with Gasteiger partial charge in [-0.15, -0.1) is 11.3 Å². The molecule has 0 radical (unpaired) electrons. The van der Waals surface area contributed by atoms with E-state index < -0.39 is 0 Å². The number of aromatic nitrogens is 2. The van der Waals surface area contributed by atoms with Gasteiger partial charge in [-0.05, 0) is 6.07 Å². The molecule has 0 fully saturated rings. The third-order valence-corrected chi connectivity index (χ3v) is 3.51. The standard InChI is InChI=1S/C12H16ClN3S/c1-8(2)14-4-3-12-15-6-10(16-12)9-5-11(13)17-7-9/h5-8,14H,3-4H2,1-2H3,(H,15,16). The first-order valence-corrected chi connectivity index (χ1v) is 6.92. The molecule has 0 saturated carbocycles. The van der Waals surface area contributed by atoms with Crippen LogP contribution in [0, 0.1) is 0 Å². The SMILES string of the molecule is CC(C)NCCc1ncc(-c2csc(Cl)c2)[nH]1. The van der Waals surface area contributed by atoms with Crippen LogP contribution in [0.25, 0.3) is 11.3 Å². The number of rotatable bonds is 5. The van der Waals surface area contributed by atoms with Crippen LogP contribution in [-0.2, 0) is 6.42 Å². The number of nitrogens with zero attached hydrogens (tertiary/aromatic N) is 1. The zero-order chi connectivity index (χ0) is 12.3.